The van der Waals surface area contributed by atoms with Crippen LogP contribution in [-0.2, 0) is 11.2 Å². The fraction of sp³-hybridized carbons (Fsp3) is 0.588. The number of primary amides is 1. The van der Waals surface area contributed by atoms with Crippen LogP contribution in [0.15, 0.2) is 18.2 Å². The molecule has 1 heterocycles. The van der Waals surface area contributed by atoms with Crippen molar-refractivity contribution in [2.75, 3.05) is 0 Å². The monoisotopic (exact) mass is 274 g/mol. The second-order valence-corrected chi connectivity index (χ2v) is 6.52. The Bertz CT molecular complexity index is 478. The molecular formula is C17H26N2O. The lowest BCUT2D eigenvalue weighted by atomic mass is 9.76. The number of hydrogen-bond donors (Lipinski definition) is 2. The molecule has 0 bridgehead atoms. The summed E-state index contributed by atoms with van der Waals surface area (Å²) in [4.78, 5) is 11.8. The van der Waals surface area contributed by atoms with Crippen molar-refractivity contribution in [2.24, 2.45) is 17.6 Å². The number of benzene rings is 1. The highest BCUT2D eigenvalue weighted by Crippen LogP contribution is 2.28. The van der Waals surface area contributed by atoms with Crippen LogP contribution in [0.3, 0.4) is 0 Å². The molecule has 0 spiro atoms. The lowest BCUT2D eigenvalue weighted by Crippen LogP contribution is -2.55. The number of carbonyl (C=O) groups is 1. The van der Waals surface area contributed by atoms with E-state index in [1.165, 1.54) is 16.7 Å². The van der Waals surface area contributed by atoms with Crippen LogP contribution >= 0.6 is 0 Å². The van der Waals surface area contributed by atoms with E-state index < -0.39 is 0 Å². The molecule has 1 amide bonds. The number of carbonyl (C=O) groups excluding carboxylic acids is 1. The second-order valence-electron chi connectivity index (χ2n) is 6.52. The molecule has 0 saturated carbocycles. The lowest BCUT2D eigenvalue weighted by Gasteiger charge is -2.39. The van der Waals surface area contributed by atoms with Gasteiger partial charge in [-0.1, -0.05) is 36.2 Å². The van der Waals surface area contributed by atoms with E-state index in [-0.39, 0.29) is 17.9 Å². The summed E-state index contributed by atoms with van der Waals surface area (Å²) in [7, 11) is 0. The number of piperidine rings is 1. The van der Waals surface area contributed by atoms with E-state index in [1.54, 1.807) is 0 Å². The van der Waals surface area contributed by atoms with Gasteiger partial charge in [-0.25, -0.2) is 0 Å². The topological polar surface area (TPSA) is 55.1 Å². The van der Waals surface area contributed by atoms with Crippen molar-refractivity contribution in [3.8, 4) is 0 Å². The molecule has 4 unspecified atom stereocenters. The van der Waals surface area contributed by atoms with Crippen molar-refractivity contribution in [2.45, 2.75) is 52.6 Å². The predicted molar refractivity (Wildman–Crippen MR) is 82.5 cm³/mol. The maximum absolute atomic E-state index is 11.8. The van der Waals surface area contributed by atoms with Crippen LogP contribution < -0.4 is 11.1 Å². The molecular weight excluding hydrogens is 248 g/mol. The van der Waals surface area contributed by atoms with E-state index in [0.29, 0.717) is 12.0 Å². The average Bonchev–Trinajstić information content (AvgIpc) is 2.25. The summed E-state index contributed by atoms with van der Waals surface area (Å²) in [5.74, 6) is 0.0953. The third-order valence-electron chi connectivity index (χ3n) is 4.34. The number of aryl methyl sites for hydroxylation is 2. The van der Waals surface area contributed by atoms with Crippen LogP contribution in [0.2, 0.25) is 0 Å². The fourth-order valence-corrected chi connectivity index (χ4v) is 3.74. The first-order chi connectivity index (χ1) is 9.36. The minimum Gasteiger partial charge on any atom is -0.369 e. The zero-order valence-electron chi connectivity index (χ0n) is 12.9. The smallest absolute Gasteiger partial charge is 0.222 e. The molecule has 2 rings (SSSR count). The lowest BCUT2D eigenvalue weighted by molar-refractivity contribution is -0.125. The molecule has 4 atom stereocenters. The molecule has 20 heavy (non-hydrogen) atoms. The molecule has 1 saturated heterocycles. The van der Waals surface area contributed by atoms with Gasteiger partial charge >= 0.3 is 0 Å². The molecule has 3 heteroatoms. The molecule has 0 radical (unpaired) electrons. The molecule has 1 aromatic carbocycles. The number of nitrogens with one attached hydrogen (secondary N) is 1. The maximum atomic E-state index is 11.8. The molecule has 3 nitrogen and oxygen atoms in total. The minimum absolute atomic E-state index is 0.0768. The average molecular weight is 274 g/mol. The van der Waals surface area contributed by atoms with E-state index in [4.69, 9.17) is 5.73 Å². The number of amides is 1. The number of nitrogens with two attached hydrogens (primary N) is 1. The largest absolute Gasteiger partial charge is 0.369 e. The van der Waals surface area contributed by atoms with Crippen LogP contribution in [0.5, 0.6) is 0 Å². The van der Waals surface area contributed by atoms with Crippen LogP contribution in [0, 0.1) is 25.7 Å². The molecule has 1 fully saturated rings. The Kier molecular flexibility index (Phi) is 4.48. The van der Waals surface area contributed by atoms with Gasteiger partial charge in [0.15, 0.2) is 0 Å². The van der Waals surface area contributed by atoms with Gasteiger partial charge in [0.1, 0.15) is 0 Å². The number of rotatable bonds is 3. The Morgan fingerprint density at radius 1 is 1.25 bits per heavy atom. The Morgan fingerprint density at radius 3 is 2.40 bits per heavy atom. The summed E-state index contributed by atoms with van der Waals surface area (Å²) in [6.07, 6.45) is 1.88. The minimum atomic E-state index is -0.175. The SMILES string of the molecule is Cc1cc(C)cc(CC2NC(C)CC(C)C2C(N)=O)c1. The van der Waals surface area contributed by atoms with Gasteiger partial charge < -0.3 is 11.1 Å². The zero-order valence-corrected chi connectivity index (χ0v) is 12.9. The van der Waals surface area contributed by atoms with Crippen molar-refractivity contribution in [1.29, 1.82) is 0 Å². The molecule has 1 aromatic rings. The maximum Gasteiger partial charge on any atom is 0.222 e. The van der Waals surface area contributed by atoms with Crippen molar-refractivity contribution < 1.29 is 4.79 Å². The van der Waals surface area contributed by atoms with Crippen LogP contribution in [0.1, 0.15) is 37.0 Å². The molecule has 0 aliphatic carbocycles. The van der Waals surface area contributed by atoms with Gasteiger partial charge in [-0.2, -0.15) is 0 Å². The molecule has 0 aromatic heterocycles. The standard InChI is InChI=1S/C17H26N2O/c1-10-5-11(2)7-14(6-10)9-15-16(17(18)20)12(3)8-13(4)19-15/h5-7,12-13,15-16,19H,8-9H2,1-4H3,(H2,18,20). The molecule has 1 aliphatic heterocycles. The summed E-state index contributed by atoms with van der Waals surface area (Å²) in [6.45, 7) is 8.55. The zero-order chi connectivity index (χ0) is 14.9. The first kappa shape index (κ1) is 15.0. The highest BCUT2D eigenvalue weighted by Gasteiger charge is 2.37. The summed E-state index contributed by atoms with van der Waals surface area (Å²) in [5, 5.41) is 3.56. The van der Waals surface area contributed by atoms with Gasteiger partial charge in [0, 0.05) is 12.1 Å². The van der Waals surface area contributed by atoms with Crippen molar-refractivity contribution in [3.05, 3.63) is 34.9 Å². The van der Waals surface area contributed by atoms with Crippen LogP contribution in [0.4, 0.5) is 0 Å². The predicted octanol–water partition coefficient (Wildman–Crippen LogP) is 2.33. The van der Waals surface area contributed by atoms with Crippen molar-refractivity contribution in [1.82, 2.24) is 5.32 Å². The first-order valence-corrected chi connectivity index (χ1v) is 7.49. The molecule has 1 aliphatic rings. The summed E-state index contributed by atoms with van der Waals surface area (Å²) in [5.41, 5.74) is 9.45. The number of hydrogen-bond acceptors (Lipinski definition) is 2. The molecule has 3 N–H and O–H groups in total. The van der Waals surface area contributed by atoms with Crippen LogP contribution in [-0.4, -0.2) is 18.0 Å². The third-order valence-corrected chi connectivity index (χ3v) is 4.34. The van der Waals surface area contributed by atoms with E-state index in [0.717, 1.165) is 12.8 Å². The van der Waals surface area contributed by atoms with Crippen molar-refractivity contribution in [3.63, 3.8) is 0 Å². The Hall–Kier alpha value is -1.35. The Labute approximate surface area is 121 Å². The van der Waals surface area contributed by atoms with Gasteiger partial charge in [0.2, 0.25) is 5.91 Å². The van der Waals surface area contributed by atoms with Gasteiger partial charge in [-0.15, -0.1) is 0 Å². The van der Waals surface area contributed by atoms with E-state index in [1.807, 2.05) is 0 Å². The summed E-state index contributed by atoms with van der Waals surface area (Å²) < 4.78 is 0. The van der Waals surface area contributed by atoms with Gasteiger partial charge in [-0.05, 0) is 45.1 Å². The van der Waals surface area contributed by atoms with Gasteiger partial charge in [0.05, 0.1) is 5.92 Å². The second kappa shape index (κ2) is 5.96. The van der Waals surface area contributed by atoms with Crippen LogP contribution in [0.25, 0.3) is 0 Å². The summed E-state index contributed by atoms with van der Waals surface area (Å²) in [6, 6.07) is 7.17. The first-order valence-electron chi connectivity index (χ1n) is 7.49. The molecule has 110 valence electrons. The Morgan fingerprint density at radius 2 is 1.85 bits per heavy atom. The van der Waals surface area contributed by atoms with Gasteiger partial charge in [-0.3, -0.25) is 4.79 Å². The fourth-order valence-electron chi connectivity index (χ4n) is 3.74. The highest BCUT2D eigenvalue weighted by atomic mass is 16.1. The normalized spacial score (nSPS) is 30.2. The summed E-state index contributed by atoms with van der Waals surface area (Å²) >= 11 is 0. The van der Waals surface area contributed by atoms with Gasteiger partial charge in [0.25, 0.3) is 0 Å². The third kappa shape index (κ3) is 3.40. The Balaban J connectivity index is 2.21. The van der Waals surface area contributed by atoms with E-state index in [9.17, 15) is 4.79 Å². The highest BCUT2D eigenvalue weighted by molar-refractivity contribution is 5.78. The van der Waals surface area contributed by atoms with E-state index in [2.05, 4.69) is 51.2 Å². The van der Waals surface area contributed by atoms with E-state index >= 15 is 0 Å². The van der Waals surface area contributed by atoms with Crippen molar-refractivity contribution >= 4 is 5.91 Å². The quantitative estimate of drug-likeness (QED) is 0.889.